The van der Waals surface area contributed by atoms with Crippen molar-refractivity contribution in [2.24, 2.45) is 15.4 Å². The van der Waals surface area contributed by atoms with E-state index in [0.29, 0.717) is 6.04 Å². The van der Waals surface area contributed by atoms with Crippen LogP contribution in [0.25, 0.3) is 0 Å². The highest BCUT2D eigenvalue weighted by Crippen LogP contribution is 2.44. The van der Waals surface area contributed by atoms with E-state index in [0.717, 1.165) is 0 Å². The van der Waals surface area contributed by atoms with E-state index in [1.807, 2.05) is 0 Å². The van der Waals surface area contributed by atoms with Crippen LogP contribution in [0.4, 0.5) is 0 Å². The normalized spacial score (nSPS) is 24.6. The first-order chi connectivity index (χ1) is 9.04. The van der Waals surface area contributed by atoms with Gasteiger partial charge in [0.15, 0.2) is 0 Å². The van der Waals surface area contributed by atoms with Crippen LogP contribution in [-0.2, 0) is 0 Å². The predicted molar refractivity (Wildman–Crippen MR) is 82.0 cm³/mol. The second kappa shape index (κ2) is 6.22. The average molecular weight is 262 g/mol. The van der Waals surface area contributed by atoms with Gasteiger partial charge in [0, 0.05) is 0 Å². The van der Waals surface area contributed by atoms with Gasteiger partial charge in [-0.05, 0) is 31.1 Å². The number of hydrogen-bond donors (Lipinski definition) is 0. The van der Waals surface area contributed by atoms with Gasteiger partial charge in [0.05, 0.1) is 17.6 Å². The monoisotopic (exact) mass is 262 g/mol. The Morgan fingerprint density at radius 2 is 1.47 bits per heavy atom. The molecule has 0 atom stereocenters. The Kier molecular flexibility index (Phi) is 4.84. The summed E-state index contributed by atoms with van der Waals surface area (Å²) in [6.45, 7) is 6.97. The molecule has 0 unspecified atom stereocenters. The molecule has 0 bridgehead atoms. The minimum atomic E-state index is 0.0867. The molecular weight excluding hydrogens is 232 g/mol. The molecule has 2 saturated carbocycles. The predicted octanol–water partition coefficient (Wildman–Crippen LogP) is 5.24. The molecule has 0 saturated heterocycles. The lowest BCUT2D eigenvalue weighted by atomic mass is 9.66. The second-order valence-corrected chi connectivity index (χ2v) is 7.47. The number of nitrogens with zero attached hydrogens (tertiary/aromatic N) is 2. The Morgan fingerprint density at radius 3 is 2.05 bits per heavy atom. The van der Waals surface area contributed by atoms with Gasteiger partial charge in [-0.2, -0.15) is 0 Å². The molecule has 0 aromatic rings. The molecule has 0 aliphatic heterocycles. The molecule has 2 aliphatic carbocycles. The van der Waals surface area contributed by atoms with Gasteiger partial charge in [0.25, 0.3) is 0 Å². The van der Waals surface area contributed by atoms with Gasteiger partial charge in [-0.15, -0.1) is 0 Å². The van der Waals surface area contributed by atoms with E-state index in [4.69, 9.17) is 4.99 Å². The van der Waals surface area contributed by atoms with E-state index in [-0.39, 0.29) is 11.0 Å². The van der Waals surface area contributed by atoms with Crippen LogP contribution in [0.3, 0.4) is 0 Å². The molecule has 0 amide bonds. The lowest BCUT2D eigenvalue weighted by Gasteiger charge is -2.43. The third-order valence-electron chi connectivity index (χ3n) is 5.16. The molecule has 2 nitrogen and oxygen atoms in total. The van der Waals surface area contributed by atoms with Gasteiger partial charge < -0.3 is 0 Å². The standard InChI is InChI=1S/C17H30N2/c1-16(2,3)17(12-8-5-9-13-17)19-14-18-15-10-6-4-7-11-15/h15H,4-13H2,1-3H3. The van der Waals surface area contributed by atoms with Crippen LogP contribution in [0.15, 0.2) is 9.98 Å². The van der Waals surface area contributed by atoms with E-state index in [2.05, 4.69) is 31.8 Å². The van der Waals surface area contributed by atoms with Crippen LogP contribution in [0.2, 0.25) is 0 Å². The number of rotatable bonds is 2. The maximum Gasteiger partial charge on any atom is 0.0901 e. The molecule has 0 aromatic carbocycles. The highest BCUT2D eigenvalue weighted by molar-refractivity contribution is 5.43. The van der Waals surface area contributed by atoms with Crippen LogP contribution >= 0.6 is 0 Å². The van der Waals surface area contributed by atoms with Gasteiger partial charge in [0.1, 0.15) is 0 Å². The SMILES string of the molecule is CC(C)(C)C1(N=C=NC2CCCCC2)CCCCC1. The van der Waals surface area contributed by atoms with Crippen LogP contribution in [0, 0.1) is 5.41 Å². The van der Waals surface area contributed by atoms with Crippen molar-refractivity contribution in [3.8, 4) is 0 Å². The smallest absolute Gasteiger partial charge is 0.0901 e. The van der Waals surface area contributed by atoms with Crippen LogP contribution in [0.5, 0.6) is 0 Å². The van der Waals surface area contributed by atoms with Gasteiger partial charge in [0.2, 0.25) is 0 Å². The van der Waals surface area contributed by atoms with Crippen molar-refractivity contribution in [1.29, 1.82) is 0 Å². The largest absolute Gasteiger partial charge is 0.222 e. The van der Waals surface area contributed by atoms with Crippen molar-refractivity contribution in [3.63, 3.8) is 0 Å². The summed E-state index contributed by atoms with van der Waals surface area (Å²) in [6.07, 6.45) is 12.9. The molecule has 0 spiro atoms. The third kappa shape index (κ3) is 3.69. The fraction of sp³-hybridized carbons (Fsp3) is 0.941. The highest BCUT2D eigenvalue weighted by atomic mass is 14.9. The number of aliphatic imine (C=N–C) groups is 2. The first kappa shape index (κ1) is 14.8. The Hall–Kier alpha value is -0.620. The fourth-order valence-corrected chi connectivity index (χ4v) is 3.58. The second-order valence-electron chi connectivity index (χ2n) is 7.47. The molecule has 0 heterocycles. The van der Waals surface area contributed by atoms with E-state index >= 15 is 0 Å². The molecule has 2 fully saturated rings. The molecule has 0 radical (unpaired) electrons. The van der Waals surface area contributed by atoms with E-state index < -0.39 is 0 Å². The van der Waals surface area contributed by atoms with E-state index in [1.165, 1.54) is 64.2 Å². The summed E-state index contributed by atoms with van der Waals surface area (Å²) in [4.78, 5) is 9.48. The van der Waals surface area contributed by atoms with Crippen molar-refractivity contribution in [2.75, 3.05) is 0 Å². The molecule has 0 aromatic heterocycles. The summed E-state index contributed by atoms with van der Waals surface area (Å²) >= 11 is 0. The Bertz CT molecular complexity index is 333. The lowest BCUT2D eigenvalue weighted by Crippen LogP contribution is -2.42. The van der Waals surface area contributed by atoms with Gasteiger partial charge in [-0.1, -0.05) is 59.3 Å². The lowest BCUT2D eigenvalue weighted by molar-refractivity contribution is 0.136. The summed E-state index contributed by atoms with van der Waals surface area (Å²) in [6, 6.07) is 3.62. The summed E-state index contributed by atoms with van der Waals surface area (Å²) in [5, 5.41) is 0. The first-order valence-electron chi connectivity index (χ1n) is 8.20. The first-order valence-corrected chi connectivity index (χ1v) is 8.20. The molecule has 19 heavy (non-hydrogen) atoms. The summed E-state index contributed by atoms with van der Waals surface area (Å²) in [5.41, 5.74) is 0.311. The van der Waals surface area contributed by atoms with Gasteiger partial charge in [-0.3, -0.25) is 0 Å². The van der Waals surface area contributed by atoms with Crippen LogP contribution in [0.1, 0.15) is 85.0 Å². The summed E-state index contributed by atoms with van der Waals surface area (Å²) in [7, 11) is 0. The van der Waals surface area contributed by atoms with Crippen molar-refractivity contribution >= 4 is 6.01 Å². The summed E-state index contributed by atoms with van der Waals surface area (Å²) in [5.74, 6) is 0. The number of hydrogen-bond acceptors (Lipinski definition) is 2. The minimum absolute atomic E-state index is 0.0867. The van der Waals surface area contributed by atoms with Gasteiger partial charge in [-0.25, -0.2) is 9.98 Å². The molecule has 2 heteroatoms. The van der Waals surface area contributed by atoms with Crippen LogP contribution in [-0.4, -0.2) is 17.6 Å². The fourth-order valence-electron chi connectivity index (χ4n) is 3.58. The van der Waals surface area contributed by atoms with E-state index in [9.17, 15) is 0 Å². The topological polar surface area (TPSA) is 24.7 Å². The maximum absolute atomic E-state index is 4.86. The van der Waals surface area contributed by atoms with Crippen LogP contribution < -0.4 is 0 Å². The molecule has 0 N–H and O–H groups in total. The quantitative estimate of drug-likeness (QED) is 0.608. The minimum Gasteiger partial charge on any atom is -0.222 e. The Labute approximate surface area is 118 Å². The van der Waals surface area contributed by atoms with Crippen molar-refractivity contribution in [1.82, 2.24) is 0 Å². The van der Waals surface area contributed by atoms with Crippen molar-refractivity contribution in [3.05, 3.63) is 0 Å². The maximum atomic E-state index is 4.86. The zero-order chi connectivity index (χ0) is 13.8. The average Bonchev–Trinajstić information content (AvgIpc) is 2.40. The molecule has 2 rings (SSSR count). The van der Waals surface area contributed by atoms with Crippen molar-refractivity contribution in [2.45, 2.75) is 96.6 Å². The van der Waals surface area contributed by atoms with Gasteiger partial charge >= 0.3 is 0 Å². The zero-order valence-corrected chi connectivity index (χ0v) is 13.0. The highest BCUT2D eigenvalue weighted by Gasteiger charge is 2.42. The van der Waals surface area contributed by atoms with E-state index in [1.54, 1.807) is 0 Å². The zero-order valence-electron chi connectivity index (χ0n) is 13.0. The Morgan fingerprint density at radius 1 is 0.895 bits per heavy atom. The third-order valence-corrected chi connectivity index (χ3v) is 5.16. The Balaban J connectivity index is 2.08. The summed E-state index contributed by atoms with van der Waals surface area (Å²) < 4.78 is 0. The molecule has 108 valence electrons. The van der Waals surface area contributed by atoms with Crippen molar-refractivity contribution < 1.29 is 0 Å². The molecule has 2 aliphatic rings. The molecular formula is C17H30N2.